The van der Waals surface area contributed by atoms with Crippen LogP contribution in [0.1, 0.15) is 5.56 Å². The smallest absolute Gasteiger partial charge is 0.386 e. The molecule has 86 valence electrons. The Morgan fingerprint density at radius 3 is 2.00 bits per heavy atom. The molecule has 0 amide bonds. The number of anilines is 1. The van der Waals surface area contributed by atoms with Crippen LogP contribution in [0.3, 0.4) is 0 Å². The maximum absolute atomic E-state index is 12.8. The molecule has 0 aromatic heterocycles. The van der Waals surface area contributed by atoms with Crippen molar-refractivity contribution in [1.82, 2.24) is 0 Å². The maximum atomic E-state index is 12.8. The molecule has 1 aromatic carbocycles. The molecule has 1 aromatic rings. The average molecular weight is 248 g/mol. The van der Waals surface area contributed by atoms with Gasteiger partial charge in [-0.1, -0.05) is 0 Å². The standard InChI is InChI=1S/C8H6F5N.ClH/c1-14-7-3-5(9)4(2-6(7)10)8(11,12)13;/h2-3,14H,1H3;1H. The summed E-state index contributed by atoms with van der Waals surface area (Å²) in [6, 6.07) is 0.597. The molecule has 0 heterocycles. The topological polar surface area (TPSA) is 12.0 Å². The Labute approximate surface area is 88.7 Å². The van der Waals surface area contributed by atoms with Crippen molar-refractivity contribution in [2.45, 2.75) is 6.18 Å². The molecule has 0 saturated carbocycles. The molecule has 0 bridgehead atoms. The van der Waals surface area contributed by atoms with Gasteiger partial charge in [-0.15, -0.1) is 12.4 Å². The SMILES string of the molecule is CNc1cc(F)c(C(F)(F)F)cc1F.Cl. The molecule has 1 rings (SSSR count). The molecule has 0 spiro atoms. The van der Waals surface area contributed by atoms with Gasteiger partial charge in [-0.2, -0.15) is 13.2 Å². The summed E-state index contributed by atoms with van der Waals surface area (Å²) in [4.78, 5) is 0. The van der Waals surface area contributed by atoms with Crippen LogP contribution in [0.2, 0.25) is 0 Å². The number of alkyl halides is 3. The fraction of sp³-hybridized carbons (Fsp3) is 0.250. The van der Waals surface area contributed by atoms with Crippen molar-refractivity contribution in [3.63, 3.8) is 0 Å². The molecule has 0 unspecified atom stereocenters. The van der Waals surface area contributed by atoms with Gasteiger partial charge in [-0.05, 0) is 6.07 Å². The van der Waals surface area contributed by atoms with Crippen molar-refractivity contribution in [1.29, 1.82) is 0 Å². The van der Waals surface area contributed by atoms with E-state index in [1.54, 1.807) is 0 Å². The highest BCUT2D eigenvalue weighted by Gasteiger charge is 2.35. The number of rotatable bonds is 1. The van der Waals surface area contributed by atoms with E-state index in [-0.39, 0.29) is 24.2 Å². The maximum Gasteiger partial charge on any atom is 0.419 e. The first-order valence-corrected chi connectivity index (χ1v) is 3.60. The fourth-order valence-electron chi connectivity index (χ4n) is 0.956. The molecule has 0 radical (unpaired) electrons. The van der Waals surface area contributed by atoms with Gasteiger partial charge < -0.3 is 5.32 Å². The van der Waals surface area contributed by atoms with Crippen LogP contribution in [0.25, 0.3) is 0 Å². The number of hydrogen-bond acceptors (Lipinski definition) is 1. The van der Waals surface area contributed by atoms with E-state index in [2.05, 4.69) is 5.32 Å². The van der Waals surface area contributed by atoms with E-state index in [4.69, 9.17) is 0 Å². The van der Waals surface area contributed by atoms with Crippen LogP contribution in [0, 0.1) is 11.6 Å². The van der Waals surface area contributed by atoms with Crippen LogP contribution >= 0.6 is 12.4 Å². The van der Waals surface area contributed by atoms with Gasteiger partial charge in [0.05, 0.1) is 11.3 Å². The highest BCUT2D eigenvalue weighted by atomic mass is 35.5. The van der Waals surface area contributed by atoms with E-state index in [1.165, 1.54) is 7.05 Å². The molecule has 0 aliphatic carbocycles. The molecular weight excluding hydrogens is 241 g/mol. The van der Waals surface area contributed by atoms with Gasteiger partial charge in [0.15, 0.2) is 0 Å². The van der Waals surface area contributed by atoms with Gasteiger partial charge in [0.1, 0.15) is 11.6 Å². The third-order valence-corrected chi connectivity index (χ3v) is 1.63. The van der Waals surface area contributed by atoms with Gasteiger partial charge in [0, 0.05) is 13.1 Å². The Balaban J connectivity index is 0.00000196. The molecule has 0 aliphatic heterocycles. The average Bonchev–Trinajstić information content (AvgIpc) is 2.06. The van der Waals surface area contributed by atoms with Crippen LogP contribution in [0.5, 0.6) is 0 Å². The zero-order valence-electron chi connectivity index (χ0n) is 7.45. The zero-order valence-corrected chi connectivity index (χ0v) is 8.27. The van der Waals surface area contributed by atoms with Crippen LogP contribution in [-0.2, 0) is 6.18 Å². The molecule has 1 nitrogen and oxygen atoms in total. The third kappa shape index (κ3) is 2.95. The van der Waals surface area contributed by atoms with Gasteiger partial charge >= 0.3 is 6.18 Å². The number of halogens is 6. The van der Waals surface area contributed by atoms with Crippen molar-refractivity contribution in [2.75, 3.05) is 12.4 Å². The Hall–Kier alpha value is -1.04. The summed E-state index contributed by atoms with van der Waals surface area (Å²) < 4.78 is 61.7. The van der Waals surface area contributed by atoms with E-state index < -0.39 is 23.4 Å². The minimum atomic E-state index is -4.88. The minimum absolute atomic E-state index is 0. The molecule has 15 heavy (non-hydrogen) atoms. The van der Waals surface area contributed by atoms with E-state index in [0.29, 0.717) is 6.07 Å². The second-order valence-corrected chi connectivity index (χ2v) is 2.56. The number of nitrogens with one attached hydrogen (secondary N) is 1. The summed E-state index contributed by atoms with van der Waals surface area (Å²) in [6.45, 7) is 0. The summed E-state index contributed by atoms with van der Waals surface area (Å²) in [7, 11) is 1.28. The monoisotopic (exact) mass is 247 g/mol. The van der Waals surface area contributed by atoms with Crippen molar-refractivity contribution < 1.29 is 22.0 Å². The third-order valence-electron chi connectivity index (χ3n) is 1.63. The summed E-state index contributed by atoms with van der Waals surface area (Å²) in [5.74, 6) is -2.63. The van der Waals surface area contributed by atoms with Gasteiger partial charge in [0.2, 0.25) is 0 Å². The highest BCUT2D eigenvalue weighted by molar-refractivity contribution is 5.85. The normalized spacial score (nSPS) is 10.8. The first-order valence-electron chi connectivity index (χ1n) is 3.60. The predicted octanol–water partition coefficient (Wildman–Crippen LogP) is 3.45. The first kappa shape index (κ1) is 14.0. The molecular formula is C8H7ClF5N. The summed E-state index contributed by atoms with van der Waals surface area (Å²) in [6.07, 6.45) is -4.88. The predicted molar refractivity (Wildman–Crippen MR) is 48.2 cm³/mol. The minimum Gasteiger partial charge on any atom is -0.386 e. The van der Waals surface area contributed by atoms with E-state index in [9.17, 15) is 22.0 Å². The van der Waals surface area contributed by atoms with E-state index >= 15 is 0 Å². The van der Waals surface area contributed by atoms with Crippen LogP contribution in [0.4, 0.5) is 27.6 Å². The van der Waals surface area contributed by atoms with Gasteiger partial charge in [-0.3, -0.25) is 0 Å². The lowest BCUT2D eigenvalue weighted by Gasteiger charge is -2.10. The molecule has 0 atom stereocenters. The largest absolute Gasteiger partial charge is 0.419 e. The quantitative estimate of drug-likeness (QED) is 0.750. The lowest BCUT2D eigenvalue weighted by Crippen LogP contribution is -2.09. The van der Waals surface area contributed by atoms with Crippen LogP contribution in [-0.4, -0.2) is 7.05 Å². The highest BCUT2D eigenvalue weighted by Crippen LogP contribution is 2.33. The second kappa shape index (κ2) is 4.65. The van der Waals surface area contributed by atoms with Crippen LogP contribution in [0.15, 0.2) is 12.1 Å². The Kier molecular flexibility index (Phi) is 4.33. The molecule has 1 N–H and O–H groups in total. The molecule has 7 heteroatoms. The Morgan fingerprint density at radius 1 is 1.07 bits per heavy atom. The lowest BCUT2D eigenvalue weighted by atomic mass is 10.1. The second-order valence-electron chi connectivity index (χ2n) is 2.56. The number of benzene rings is 1. The van der Waals surface area contributed by atoms with Gasteiger partial charge in [0.25, 0.3) is 0 Å². The molecule has 0 saturated heterocycles. The molecule has 0 aliphatic rings. The van der Waals surface area contributed by atoms with Crippen molar-refractivity contribution in [3.8, 4) is 0 Å². The zero-order chi connectivity index (χ0) is 10.9. The first-order chi connectivity index (χ1) is 6.36. The van der Waals surface area contributed by atoms with Gasteiger partial charge in [-0.25, -0.2) is 8.78 Å². The van der Waals surface area contributed by atoms with Crippen molar-refractivity contribution in [3.05, 3.63) is 29.3 Å². The summed E-state index contributed by atoms with van der Waals surface area (Å²) >= 11 is 0. The fourth-order valence-corrected chi connectivity index (χ4v) is 0.956. The summed E-state index contributed by atoms with van der Waals surface area (Å²) in [5.41, 5.74) is -1.91. The van der Waals surface area contributed by atoms with Crippen molar-refractivity contribution in [2.24, 2.45) is 0 Å². The van der Waals surface area contributed by atoms with Crippen molar-refractivity contribution >= 4 is 18.1 Å². The van der Waals surface area contributed by atoms with Crippen LogP contribution < -0.4 is 5.32 Å². The van der Waals surface area contributed by atoms with E-state index in [1.807, 2.05) is 0 Å². The van der Waals surface area contributed by atoms with E-state index in [0.717, 1.165) is 0 Å². The number of hydrogen-bond donors (Lipinski definition) is 1. The molecule has 0 fully saturated rings. The lowest BCUT2D eigenvalue weighted by molar-refractivity contribution is -0.140. The Morgan fingerprint density at radius 2 is 1.60 bits per heavy atom. The summed E-state index contributed by atoms with van der Waals surface area (Å²) in [5, 5.41) is 2.23. The Bertz CT molecular complexity index is 350.